The molecule has 5 nitrogen and oxygen atoms in total. The first-order valence-electron chi connectivity index (χ1n) is 7.87. The van der Waals surface area contributed by atoms with Gasteiger partial charge in [-0.3, -0.25) is 14.9 Å². The van der Waals surface area contributed by atoms with Crippen LogP contribution in [0.1, 0.15) is 19.5 Å². The van der Waals surface area contributed by atoms with Gasteiger partial charge in [0, 0.05) is 49.7 Å². The van der Waals surface area contributed by atoms with Crippen LogP contribution in [-0.4, -0.2) is 52.1 Å². The zero-order valence-corrected chi connectivity index (χ0v) is 17.2. The van der Waals surface area contributed by atoms with Gasteiger partial charge in [0.1, 0.15) is 5.82 Å². The van der Waals surface area contributed by atoms with Crippen molar-refractivity contribution in [2.75, 3.05) is 31.1 Å². The SMILES string of the molecule is Cc1cc(-c2cnc(N3CCN(C(C)C)CC3)cn2)ccn1.Cl.Cl.Cl. The van der Waals surface area contributed by atoms with Crippen molar-refractivity contribution in [1.82, 2.24) is 19.9 Å². The molecule has 0 N–H and O–H groups in total. The Labute approximate surface area is 168 Å². The molecule has 2 aromatic heterocycles. The standard InChI is InChI=1S/C17H23N5.3ClH/c1-13(2)21-6-8-22(9-7-21)17-12-19-16(11-20-17)15-4-5-18-14(3)10-15;;;/h4-5,10-13H,6-9H2,1-3H3;3*1H. The van der Waals surface area contributed by atoms with Crippen LogP contribution in [0.2, 0.25) is 0 Å². The minimum Gasteiger partial charge on any atom is -0.353 e. The third-order valence-electron chi connectivity index (χ3n) is 4.20. The van der Waals surface area contributed by atoms with Crippen molar-refractivity contribution in [2.24, 2.45) is 0 Å². The van der Waals surface area contributed by atoms with Gasteiger partial charge in [0.15, 0.2) is 0 Å². The van der Waals surface area contributed by atoms with Crippen molar-refractivity contribution in [3.05, 3.63) is 36.4 Å². The molecule has 1 aliphatic rings. The van der Waals surface area contributed by atoms with E-state index in [1.54, 1.807) is 0 Å². The van der Waals surface area contributed by atoms with Gasteiger partial charge >= 0.3 is 0 Å². The molecular weight excluding hydrogens is 381 g/mol. The van der Waals surface area contributed by atoms with Crippen LogP contribution in [0, 0.1) is 6.92 Å². The van der Waals surface area contributed by atoms with Crippen molar-refractivity contribution in [3.8, 4) is 11.3 Å². The molecule has 0 bridgehead atoms. The molecule has 1 aliphatic heterocycles. The van der Waals surface area contributed by atoms with Gasteiger partial charge in [-0.25, -0.2) is 4.98 Å². The molecule has 2 aromatic rings. The van der Waals surface area contributed by atoms with Gasteiger partial charge in [0.25, 0.3) is 0 Å². The minimum atomic E-state index is 0. The molecule has 1 fully saturated rings. The Morgan fingerprint density at radius 2 is 1.60 bits per heavy atom. The van der Waals surface area contributed by atoms with Gasteiger partial charge in [0.2, 0.25) is 0 Å². The molecule has 8 heteroatoms. The Morgan fingerprint density at radius 3 is 2.12 bits per heavy atom. The highest BCUT2D eigenvalue weighted by Gasteiger charge is 2.19. The van der Waals surface area contributed by atoms with E-state index in [1.165, 1.54) is 0 Å². The van der Waals surface area contributed by atoms with E-state index in [-0.39, 0.29) is 37.2 Å². The summed E-state index contributed by atoms with van der Waals surface area (Å²) in [5.41, 5.74) is 2.96. The summed E-state index contributed by atoms with van der Waals surface area (Å²) in [6, 6.07) is 4.62. The van der Waals surface area contributed by atoms with Gasteiger partial charge < -0.3 is 4.90 Å². The molecule has 0 amide bonds. The van der Waals surface area contributed by atoms with E-state index in [4.69, 9.17) is 0 Å². The predicted octanol–water partition coefficient (Wildman–Crippen LogP) is 3.64. The molecule has 140 valence electrons. The van der Waals surface area contributed by atoms with E-state index < -0.39 is 0 Å². The second-order valence-corrected chi connectivity index (χ2v) is 6.06. The van der Waals surface area contributed by atoms with Crippen LogP contribution in [0.5, 0.6) is 0 Å². The summed E-state index contributed by atoms with van der Waals surface area (Å²) in [6.07, 6.45) is 5.56. The lowest BCUT2D eigenvalue weighted by Gasteiger charge is -2.37. The van der Waals surface area contributed by atoms with Crippen LogP contribution in [0.3, 0.4) is 0 Å². The van der Waals surface area contributed by atoms with Crippen LogP contribution >= 0.6 is 37.2 Å². The zero-order valence-electron chi connectivity index (χ0n) is 14.8. The number of aromatic nitrogens is 3. The number of hydrogen-bond donors (Lipinski definition) is 0. The summed E-state index contributed by atoms with van der Waals surface area (Å²) in [5, 5.41) is 0. The molecule has 0 unspecified atom stereocenters. The Morgan fingerprint density at radius 1 is 0.920 bits per heavy atom. The number of anilines is 1. The molecule has 0 aliphatic carbocycles. The fraction of sp³-hybridized carbons (Fsp3) is 0.471. The summed E-state index contributed by atoms with van der Waals surface area (Å²) in [6.45, 7) is 10.7. The Balaban J connectivity index is 0.00000192. The number of rotatable bonds is 3. The lowest BCUT2D eigenvalue weighted by atomic mass is 10.2. The van der Waals surface area contributed by atoms with E-state index in [2.05, 4.69) is 38.6 Å². The van der Waals surface area contributed by atoms with Crippen LogP contribution in [-0.2, 0) is 0 Å². The van der Waals surface area contributed by atoms with E-state index in [9.17, 15) is 0 Å². The van der Waals surface area contributed by atoms with Crippen molar-refractivity contribution in [3.63, 3.8) is 0 Å². The first kappa shape index (κ1) is 23.9. The number of nitrogens with zero attached hydrogens (tertiary/aromatic N) is 5. The summed E-state index contributed by atoms with van der Waals surface area (Å²) >= 11 is 0. The fourth-order valence-electron chi connectivity index (χ4n) is 2.81. The second-order valence-electron chi connectivity index (χ2n) is 6.06. The first-order chi connectivity index (χ1) is 10.6. The molecule has 3 heterocycles. The lowest BCUT2D eigenvalue weighted by Crippen LogP contribution is -2.49. The smallest absolute Gasteiger partial charge is 0.147 e. The average Bonchev–Trinajstić information content (AvgIpc) is 2.55. The van der Waals surface area contributed by atoms with E-state index in [1.807, 2.05) is 37.6 Å². The highest BCUT2D eigenvalue weighted by atomic mass is 35.5. The molecule has 0 spiro atoms. The first-order valence-corrected chi connectivity index (χ1v) is 7.87. The average molecular weight is 407 g/mol. The molecule has 3 rings (SSSR count). The summed E-state index contributed by atoms with van der Waals surface area (Å²) in [7, 11) is 0. The molecule has 0 aromatic carbocycles. The van der Waals surface area contributed by atoms with Gasteiger partial charge in [-0.15, -0.1) is 37.2 Å². The van der Waals surface area contributed by atoms with Crippen LogP contribution in [0.25, 0.3) is 11.3 Å². The molecule has 1 saturated heterocycles. The van der Waals surface area contributed by atoms with Crippen LogP contribution in [0.15, 0.2) is 30.7 Å². The molecule has 0 radical (unpaired) electrons. The maximum Gasteiger partial charge on any atom is 0.147 e. The van der Waals surface area contributed by atoms with Crippen molar-refractivity contribution in [1.29, 1.82) is 0 Å². The summed E-state index contributed by atoms with van der Waals surface area (Å²) in [5.74, 6) is 0.970. The maximum absolute atomic E-state index is 4.60. The number of aryl methyl sites for hydroxylation is 1. The third kappa shape index (κ3) is 5.96. The van der Waals surface area contributed by atoms with E-state index >= 15 is 0 Å². The van der Waals surface area contributed by atoms with Crippen molar-refractivity contribution in [2.45, 2.75) is 26.8 Å². The third-order valence-corrected chi connectivity index (χ3v) is 4.20. The minimum absolute atomic E-state index is 0. The molecule has 25 heavy (non-hydrogen) atoms. The highest BCUT2D eigenvalue weighted by molar-refractivity contribution is 5.86. The molecule has 0 saturated carbocycles. The quantitative estimate of drug-likeness (QED) is 0.778. The zero-order chi connectivity index (χ0) is 15.5. The van der Waals surface area contributed by atoms with Crippen LogP contribution in [0.4, 0.5) is 5.82 Å². The number of hydrogen-bond acceptors (Lipinski definition) is 5. The van der Waals surface area contributed by atoms with E-state index in [0.717, 1.165) is 48.9 Å². The highest BCUT2D eigenvalue weighted by Crippen LogP contribution is 2.19. The molecule has 0 atom stereocenters. The Kier molecular flexibility index (Phi) is 10.3. The van der Waals surface area contributed by atoms with Gasteiger partial charge in [-0.2, -0.15) is 0 Å². The largest absolute Gasteiger partial charge is 0.353 e. The number of pyridine rings is 1. The fourth-order valence-corrected chi connectivity index (χ4v) is 2.81. The van der Waals surface area contributed by atoms with Crippen LogP contribution < -0.4 is 4.90 Å². The lowest BCUT2D eigenvalue weighted by molar-refractivity contribution is 0.209. The topological polar surface area (TPSA) is 45.2 Å². The van der Waals surface area contributed by atoms with Gasteiger partial charge in [-0.05, 0) is 32.9 Å². The molecular formula is C17H26Cl3N5. The number of halogens is 3. The summed E-state index contributed by atoms with van der Waals surface area (Å²) in [4.78, 5) is 18.2. The van der Waals surface area contributed by atoms with Crippen molar-refractivity contribution < 1.29 is 0 Å². The monoisotopic (exact) mass is 405 g/mol. The predicted molar refractivity (Wildman–Crippen MR) is 111 cm³/mol. The van der Waals surface area contributed by atoms with Crippen molar-refractivity contribution >= 4 is 43.0 Å². The Hall–Kier alpha value is -1.14. The summed E-state index contributed by atoms with van der Waals surface area (Å²) < 4.78 is 0. The normalized spacial score (nSPS) is 14.3. The van der Waals surface area contributed by atoms with Gasteiger partial charge in [-0.1, -0.05) is 0 Å². The van der Waals surface area contributed by atoms with Gasteiger partial charge in [0.05, 0.1) is 18.1 Å². The van der Waals surface area contributed by atoms with E-state index in [0.29, 0.717) is 6.04 Å². The maximum atomic E-state index is 4.60. The second kappa shape index (κ2) is 10.8. The Bertz CT molecular complexity index is 628. The number of piperazine rings is 1.